The van der Waals surface area contributed by atoms with Gasteiger partial charge in [-0.05, 0) is 32.1 Å². The molecule has 0 atom stereocenters. The molecule has 0 bridgehead atoms. The minimum atomic E-state index is -0.748. The van der Waals surface area contributed by atoms with Crippen molar-refractivity contribution in [2.24, 2.45) is 0 Å². The third kappa shape index (κ3) is 3.33. The fourth-order valence-corrected chi connectivity index (χ4v) is 2.89. The monoisotopic (exact) mass is 266 g/mol. The number of hydrogen-bond acceptors (Lipinski definition) is 4. The Hall–Kier alpha value is -1.39. The van der Waals surface area contributed by atoms with Gasteiger partial charge in [0.15, 0.2) is 0 Å². The third-order valence-corrected chi connectivity index (χ3v) is 4.19. The van der Waals surface area contributed by atoms with Gasteiger partial charge in [0.25, 0.3) is 0 Å². The smallest absolute Gasteiger partial charge is 0.303 e. The molecule has 1 N–H and O–H groups in total. The molecule has 1 aliphatic carbocycles. The third-order valence-electron chi connectivity index (χ3n) is 4.19. The topological polar surface area (TPSA) is 76.2 Å². The van der Waals surface area contributed by atoms with E-state index >= 15 is 0 Å². The van der Waals surface area contributed by atoms with Gasteiger partial charge in [-0.2, -0.15) is 0 Å². The van der Waals surface area contributed by atoms with Crippen molar-refractivity contribution in [3.8, 4) is 0 Å². The molecule has 1 fully saturated rings. The molecule has 5 heteroatoms. The summed E-state index contributed by atoms with van der Waals surface area (Å²) in [5, 5.41) is 16.9. The molecule has 1 heterocycles. The van der Waals surface area contributed by atoms with E-state index in [1.54, 1.807) is 0 Å². The van der Waals surface area contributed by atoms with Crippen molar-refractivity contribution in [2.45, 2.75) is 70.1 Å². The highest BCUT2D eigenvalue weighted by Gasteiger charge is 2.38. The summed E-state index contributed by atoms with van der Waals surface area (Å²) < 4.78 is 5.80. The van der Waals surface area contributed by atoms with Crippen LogP contribution in [0.25, 0.3) is 0 Å². The first kappa shape index (κ1) is 14.0. The zero-order valence-corrected chi connectivity index (χ0v) is 11.5. The van der Waals surface area contributed by atoms with E-state index in [1.807, 2.05) is 0 Å². The summed E-state index contributed by atoms with van der Waals surface area (Å²) in [6.45, 7) is 2.18. The SMILES string of the molecule is CCC1(c2nnc(CCCCC(=O)O)o2)CCCC1. The van der Waals surface area contributed by atoms with Gasteiger partial charge in [-0.15, -0.1) is 10.2 Å². The second-order valence-electron chi connectivity index (χ2n) is 5.44. The number of carbonyl (C=O) groups is 1. The van der Waals surface area contributed by atoms with Crippen molar-refractivity contribution in [1.29, 1.82) is 0 Å². The first-order chi connectivity index (χ1) is 9.16. The molecule has 1 aliphatic rings. The van der Waals surface area contributed by atoms with E-state index in [-0.39, 0.29) is 11.8 Å². The van der Waals surface area contributed by atoms with Gasteiger partial charge in [-0.1, -0.05) is 19.8 Å². The number of carboxylic acid groups (broad SMARTS) is 1. The highest BCUT2D eigenvalue weighted by Crippen LogP contribution is 2.42. The molecule has 0 amide bonds. The van der Waals surface area contributed by atoms with Crippen molar-refractivity contribution in [3.63, 3.8) is 0 Å². The van der Waals surface area contributed by atoms with Gasteiger partial charge >= 0.3 is 5.97 Å². The second kappa shape index (κ2) is 6.17. The van der Waals surface area contributed by atoms with Gasteiger partial charge in [-0.25, -0.2) is 0 Å². The molecule has 0 saturated heterocycles. The van der Waals surface area contributed by atoms with Crippen molar-refractivity contribution in [1.82, 2.24) is 10.2 Å². The normalized spacial score (nSPS) is 17.7. The van der Waals surface area contributed by atoms with E-state index < -0.39 is 5.97 Å². The van der Waals surface area contributed by atoms with Crippen LogP contribution in [0.5, 0.6) is 0 Å². The predicted octanol–water partition coefficient (Wildman–Crippen LogP) is 3.09. The lowest BCUT2D eigenvalue weighted by Crippen LogP contribution is -2.21. The Balaban J connectivity index is 1.89. The van der Waals surface area contributed by atoms with Crippen LogP contribution in [-0.4, -0.2) is 21.3 Å². The molecule has 0 radical (unpaired) electrons. The zero-order chi connectivity index (χ0) is 13.7. The molecular formula is C14H22N2O3. The van der Waals surface area contributed by atoms with Crippen molar-refractivity contribution in [2.75, 3.05) is 0 Å². The van der Waals surface area contributed by atoms with E-state index in [9.17, 15) is 4.79 Å². The minimum Gasteiger partial charge on any atom is -0.481 e. The van der Waals surface area contributed by atoms with E-state index in [1.165, 1.54) is 12.8 Å². The number of rotatable bonds is 7. The summed E-state index contributed by atoms with van der Waals surface area (Å²) in [5.41, 5.74) is 0.103. The number of aryl methyl sites for hydroxylation is 1. The Morgan fingerprint density at radius 2 is 2.05 bits per heavy atom. The average Bonchev–Trinajstić information content (AvgIpc) is 3.04. The van der Waals surface area contributed by atoms with Crippen LogP contribution in [0, 0.1) is 0 Å². The van der Waals surface area contributed by atoms with E-state index in [0.717, 1.165) is 31.6 Å². The Kier molecular flexibility index (Phi) is 4.56. The summed E-state index contributed by atoms with van der Waals surface area (Å²) in [4.78, 5) is 10.4. The molecule has 1 aromatic heterocycles. The van der Waals surface area contributed by atoms with Crippen LogP contribution in [0.1, 0.15) is 70.1 Å². The maximum absolute atomic E-state index is 10.4. The second-order valence-corrected chi connectivity index (χ2v) is 5.44. The van der Waals surface area contributed by atoms with Crippen LogP contribution in [0.15, 0.2) is 4.42 Å². The molecule has 1 aromatic rings. The quantitative estimate of drug-likeness (QED) is 0.767. The number of aromatic nitrogens is 2. The van der Waals surface area contributed by atoms with Crippen LogP contribution in [0.3, 0.4) is 0 Å². The number of nitrogens with zero attached hydrogens (tertiary/aromatic N) is 2. The Morgan fingerprint density at radius 3 is 2.68 bits per heavy atom. The number of unbranched alkanes of at least 4 members (excludes halogenated alkanes) is 1. The number of carboxylic acids is 1. The van der Waals surface area contributed by atoms with E-state index in [4.69, 9.17) is 9.52 Å². The van der Waals surface area contributed by atoms with Crippen molar-refractivity contribution >= 4 is 5.97 Å². The Labute approximate surface area is 113 Å². The fraction of sp³-hybridized carbons (Fsp3) is 0.786. The average molecular weight is 266 g/mol. The first-order valence-electron chi connectivity index (χ1n) is 7.21. The molecule has 5 nitrogen and oxygen atoms in total. The minimum absolute atomic E-state index is 0.103. The maximum Gasteiger partial charge on any atom is 0.303 e. The van der Waals surface area contributed by atoms with E-state index in [0.29, 0.717) is 18.7 Å². The molecular weight excluding hydrogens is 244 g/mol. The number of hydrogen-bond donors (Lipinski definition) is 1. The molecule has 2 rings (SSSR count). The molecule has 1 saturated carbocycles. The van der Waals surface area contributed by atoms with Crippen LogP contribution in [0.4, 0.5) is 0 Å². The lowest BCUT2D eigenvalue weighted by molar-refractivity contribution is -0.137. The van der Waals surface area contributed by atoms with Crippen molar-refractivity contribution in [3.05, 3.63) is 11.8 Å². The first-order valence-corrected chi connectivity index (χ1v) is 7.21. The summed E-state index contributed by atoms with van der Waals surface area (Å²) in [7, 11) is 0. The Morgan fingerprint density at radius 1 is 1.32 bits per heavy atom. The van der Waals surface area contributed by atoms with Gasteiger partial charge in [0.2, 0.25) is 11.8 Å². The molecule has 19 heavy (non-hydrogen) atoms. The summed E-state index contributed by atoms with van der Waals surface area (Å²) in [6.07, 6.45) is 8.15. The van der Waals surface area contributed by atoms with Gasteiger partial charge in [0, 0.05) is 18.3 Å². The van der Waals surface area contributed by atoms with Gasteiger partial charge in [-0.3, -0.25) is 4.79 Å². The fourth-order valence-electron chi connectivity index (χ4n) is 2.89. The Bertz CT molecular complexity index is 422. The summed E-state index contributed by atoms with van der Waals surface area (Å²) in [5.74, 6) is 0.697. The highest BCUT2D eigenvalue weighted by molar-refractivity contribution is 5.66. The number of aliphatic carboxylic acids is 1. The van der Waals surface area contributed by atoms with Crippen LogP contribution >= 0.6 is 0 Å². The van der Waals surface area contributed by atoms with Crippen LogP contribution < -0.4 is 0 Å². The molecule has 106 valence electrons. The predicted molar refractivity (Wildman–Crippen MR) is 69.9 cm³/mol. The lowest BCUT2D eigenvalue weighted by Gasteiger charge is -2.22. The zero-order valence-electron chi connectivity index (χ0n) is 11.5. The molecule has 0 aliphatic heterocycles. The molecule has 0 unspecified atom stereocenters. The van der Waals surface area contributed by atoms with E-state index in [2.05, 4.69) is 17.1 Å². The molecule has 0 aromatic carbocycles. The summed E-state index contributed by atoms with van der Waals surface area (Å²) in [6, 6.07) is 0. The van der Waals surface area contributed by atoms with Crippen molar-refractivity contribution < 1.29 is 14.3 Å². The van der Waals surface area contributed by atoms with Gasteiger partial charge in [0.1, 0.15) is 0 Å². The largest absolute Gasteiger partial charge is 0.481 e. The standard InChI is InChI=1S/C14H22N2O3/c1-2-14(9-5-6-10-14)13-16-15-11(19-13)7-3-4-8-12(17)18/h2-10H2,1H3,(H,17,18). The maximum atomic E-state index is 10.4. The lowest BCUT2D eigenvalue weighted by atomic mass is 9.83. The van der Waals surface area contributed by atoms with Gasteiger partial charge in [0.05, 0.1) is 0 Å². The summed E-state index contributed by atoms with van der Waals surface area (Å²) >= 11 is 0. The van der Waals surface area contributed by atoms with Crippen LogP contribution in [-0.2, 0) is 16.6 Å². The van der Waals surface area contributed by atoms with Gasteiger partial charge < -0.3 is 9.52 Å². The van der Waals surface area contributed by atoms with Crippen LogP contribution in [0.2, 0.25) is 0 Å². The molecule has 0 spiro atoms. The highest BCUT2D eigenvalue weighted by atomic mass is 16.4.